The van der Waals surface area contributed by atoms with Gasteiger partial charge in [-0.15, -0.1) is 0 Å². The summed E-state index contributed by atoms with van der Waals surface area (Å²) in [7, 11) is 1.33. The fraction of sp³-hybridized carbons (Fsp3) is 0.214. The van der Waals surface area contributed by atoms with Gasteiger partial charge >= 0.3 is 5.97 Å². The van der Waals surface area contributed by atoms with Crippen molar-refractivity contribution in [2.45, 2.75) is 6.92 Å². The molecular formula is C14H14N2O3S. The van der Waals surface area contributed by atoms with Gasteiger partial charge in [-0.05, 0) is 42.9 Å². The van der Waals surface area contributed by atoms with Crippen molar-refractivity contribution in [1.29, 1.82) is 0 Å². The monoisotopic (exact) mass is 290 g/mol. The first-order valence-corrected chi connectivity index (χ1v) is 6.50. The summed E-state index contributed by atoms with van der Waals surface area (Å²) in [5.74, 6) is -0.535. The number of likely N-dealkylation sites (N-methyl/N-ethyl adjacent to an activating group) is 1. The van der Waals surface area contributed by atoms with Gasteiger partial charge in [0.05, 0.1) is 12.7 Å². The molecule has 1 fully saturated rings. The van der Waals surface area contributed by atoms with Gasteiger partial charge in [0, 0.05) is 6.54 Å². The third-order valence-corrected chi connectivity index (χ3v) is 3.24. The number of nitrogens with zero attached hydrogens (tertiary/aromatic N) is 1. The Balaban J connectivity index is 2.22. The molecule has 0 saturated carbocycles. The van der Waals surface area contributed by atoms with E-state index in [1.165, 1.54) is 12.0 Å². The lowest BCUT2D eigenvalue weighted by Gasteiger charge is -2.08. The number of nitrogens with one attached hydrogen (secondary N) is 1. The number of hydrogen-bond donors (Lipinski definition) is 1. The van der Waals surface area contributed by atoms with Crippen LogP contribution in [0.3, 0.4) is 0 Å². The molecule has 0 radical (unpaired) electrons. The molecule has 2 rings (SSSR count). The first-order valence-electron chi connectivity index (χ1n) is 6.09. The molecular weight excluding hydrogens is 276 g/mol. The minimum Gasteiger partial charge on any atom is -0.465 e. The molecule has 1 aliphatic rings. The lowest BCUT2D eigenvalue weighted by molar-refractivity contribution is -0.122. The molecule has 20 heavy (non-hydrogen) atoms. The molecule has 0 spiro atoms. The topological polar surface area (TPSA) is 58.6 Å². The predicted molar refractivity (Wildman–Crippen MR) is 78.9 cm³/mol. The molecule has 1 aromatic rings. The Morgan fingerprint density at radius 2 is 2.05 bits per heavy atom. The van der Waals surface area contributed by atoms with Crippen molar-refractivity contribution in [3.63, 3.8) is 0 Å². The van der Waals surface area contributed by atoms with E-state index in [0.717, 1.165) is 5.56 Å². The molecule has 0 aliphatic carbocycles. The zero-order chi connectivity index (χ0) is 14.7. The number of carbonyl (C=O) groups excluding carboxylic acids is 2. The Kier molecular flexibility index (Phi) is 4.14. The van der Waals surface area contributed by atoms with Gasteiger partial charge in [0.2, 0.25) is 0 Å². The molecule has 1 aromatic carbocycles. The minimum absolute atomic E-state index is 0.144. The van der Waals surface area contributed by atoms with Crippen LogP contribution in [-0.4, -0.2) is 35.5 Å². The van der Waals surface area contributed by atoms with Gasteiger partial charge in [0.25, 0.3) is 5.91 Å². The number of carbonyl (C=O) groups is 2. The molecule has 1 amide bonds. The first kappa shape index (κ1) is 14.2. The summed E-state index contributed by atoms with van der Waals surface area (Å²) in [5.41, 5.74) is 1.70. The highest BCUT2D eigenvalue weighted by molar-refractivity contribution is 7.80. The van der Waals surface area contributed by atoms with Gasteiger partial charge < -0.3 is 10.1 Å². The number of amides is 1. The van der Waals surface area contributed by atoms with E-state index in [0.29, 0.717) is 22.9 Å². The van der Waals surface area contributed by atoms with E-state index in [1.807, 2.05) is 6.92 Å². The van der Waals surface area contributed by atoms with E-state index in [2.05, 4.69) is 10.1 Å². The van der Waals surface area contributed by atoms with Crippen LogP contribution in [0.25, 0.3) is 6.08 Å². The molecule has 0 unspecified atom stereocenters. The van der Waals surface area contributed by atoms with E-state index in [9.17, 15) is 9.59 Å². The van der Waals surface area contributed by atoms with Crippen molar-refractivity contribution < 1.29 is 14.3 Å². The van der Waals surface area contributed by atoms with Gasteiger partial charge in [-0.1, -0.05) is 12.1 Å². The van der Waals surface area contributed by atoms with Crippen LogP contribution in [0.15, 0.2) is 30.0 Å². The number of methoxy groups -OCH3 is 1. The average molecular weight is 290 g/mol. The maximum absolute atomic E-state index is 12.0. The van der Waals surface area contributed by atoms with Crippen LogP contribution in [0.4, 0.5) is 0 Å². The number of thiocarbonyl (C=S) groups is 1. The highest BCUT2D eigenvalue weighted by atomic mass is 32.1. The van der Waals surface area contributed by atoms with Crippen LogP contribution in [0.1, 0.15) is 22.8 Å². The molecule has 0 bridgehead atoms. The second kappa shape index (κ2) is 5.83. The molecule has 1 N–H and O–H groups in total. The Bertz CT molecular complexity index is 593. The van der Waals surface area contributed by atoms with E-state index in [1.54, 1.807) is 30.3 Å². The van der Waals surface area contributed by atoms with Gasteiger partial charge in [-0.2, -0.15) is 0 Å². The lowest BCUT2D eigenvalue weighted by atomic mass is 10.1. The normalized spacial score (nSPS) is 16.5. The van der Waals surface area contributed by atoms with Gasteiger partial charge in [0.1, 0.15) is 5.70 Å². The van der Waals surface area contributed by atoms with E-state index >= 15 is 0 Å². The van der Waals surface area contributed by atoms with Crippen molar-refractivity contribution in [2.24, 2.45) is 0 Å². The minimum atomic E-state index is -0.391. The summed E-state index contributed by atoms with van der Waals surface area (Å²) < 4.78 is 4.62. The van der Waals surface area contributed by atoms with Gasteiger partial charge in [-0.25, -0.2) is 4.79 Å². The van der Waals surface area contributed by atoms with Crippen molar-refractivity contribution >= 4 is 35.3 Å². The van der Waals surface area contributed by atoms with Crippen molar-refractivity contribution in [3.05, 3.63) is 41.1 Å². The Hall–Kier alpha value is -2.21. The molecule has 1 saturated heterocycles. The highest BCUT2D eigenvalue weighted by Crippen LogP contribution is 2.14. The van der Waals surface area contributed by atoms with E-state index in [4.69, 9.17) is 12.2 Å². The van der Waals surface area contributed by atoms with Crippen molar-refractivity contribution in [3.8, 4) is 0 Å². The number of ether oxygens (including phenoxy) is 1. The zero-order valence-corrected chi connectivity index (χ0v) is 12.0. The van der Waals surface area contributed by atoms with Crippen molar-refractivity contribution in [2.75, 3.05) is 13.7 Å². The standard InChI is InChI=1S/C14H14N2O3S/c1-3-16-12(17)11(15-14(16)20)8-9-4-6-10(7-5-9)13(18)19-2/h4-8H,3H2,1-2H3,(H,15,20)/b11-8-. The van der Waals surface area contributed by atoms with Crippen LogP contribution in [0.5, 0.6) is 0 Å². The van der Waals surface area contributed by atoms with Crippen molar-refractivity contribution in [1.82, 2.24) is 10.2 Å². The molecule has 0 atom stereocenters. The third kappa shape index (κ3) is 2.70. The quantitative estimate of drug-likeness (QED) is 0.520. The number of hydrogen-bond acceptors (Lipinski definition) is 4. The number of esters is 1. The van der Waals surface area contributed by atoms with E-state index < -0.39 is 5.97 Å². The molecule has 1 aliphatic heterocycles. The third-order valence-electron chi connectivity index (χ3n) is 2.92. The highest BCUT2D eigenvalue weighted by Gasteiger charge is 2.28. The van der Waals surface area contributed by atoms with Crippen LogP contribution in [0.2, 0.25) is 0 Å². The van der Waals surface area contributed by atoms with Crippen LogP contribution >= 0.6 is 12.2 Å². The molecule has 0 aromatic heterocycles. The lowest BCUT2D eigenvalue weighted by Crippen LogP contribution is -2.30. The summed E-state index contributed by atoms with van der Waals surface area (Å²) >= 11 is 5.07. The summed E-state index contributed by atoms with van der Waals surface area (Å²) in [6, 6.07) is 6.78. The summed E-state index contributed by atoms with van der Waals surface area (Å²) in [5, 5.41) is 3.29. The average Bonchev–Trinajstić information content (AvgIpc) is 2.73. The van der Waals surface area contributed by atoms with Gasteiger partial charge in [-0.3, -0.25) is 9.69 Å². The number of rotatable bonds is 3. The Labute approximate surface area is 122 Å². The second-order valence-corrected chi connectivity index (χ2v) is 4.54. The largest absolute Gasteiger partial charge is 0.465 e. The Morgan fingerprint density at radius 3 is 2.55 bits per heavy atom. The maximum atomic E-state index is 12.0. The fourth-order valence-corrected chi connectivity index (χ4v) is 2.18. The van der Waals surface area contributed by atoms with Crippen LogP contribution < -0.4 is 5.32 Å². The molecule has 1 heterocycles. The maximum Gasteiger partial charge on any atom is 0.337 e. The number of benzene rings is 1. The fourth-order valence-electron chi connectivity index (χ4n) is 1.86. The van der Waals surface area contributed by atoms with E-state index in [-0.39, 0.29) is 5.91 Å². The molecule has 5 nitrogen and oxygen atoms in total. The predicted octanol–water partition coefficient (Wildman–Crippen LogP) is 1.55. The molecule has 104 valence electrons. The SMILES string of the molecule is CCN1C(=O)/C(=C/c2ccc(C(=O)OC)cc2)NC1=S. The van der Waals surface area contributed by atoms with Crippen LogP contribution in [-0.2, 0) is 9.53 Å². The smallest absolute Gasteiger partial charge is 0.337 e. The Morgan fingerprint density at radius 1 is 1.40 bits per heavy atom. The summed E-state index contributed by atoms with van der Waals surface area (Å²) in [6.07, 6.45) is 1.70. The summed E-state index contributed by atoms with van der Waals surface area (Å²) in [4.78, 5) is 24.8. The summed E-state index contributed by atoms with van der Waals surface area (Å²) in [6.45, 7) is 2.39. The second-order valence-electron chi connectivity index (χ2n) is 4.15. The van der Waals surface area contributed by atoms with Gasteiger partial charge in [0.15, 0.2) is 5.11 Å². The molecule has 6 heteroatoms. The first-order chi connectivity index (χ1) is 9.56. The zero-order valence-electron chi connectivity index (χ0n) is 11.2. The van der Waals surface area contributed by atoms with Crippen LogP contribution in [0, 0.1) is 0 Å².